The molecule has 1 aliphatic carbocycles. The number of rotatable bonds is 4. The SMILES string of the molecule is Cc1c(C(=O)N(C(C)C)C2CC2)cnn1-c1ccc(C(F)(F)F)cn1. The first-order valence-corrected chi connectivity index (χ1v) is 8.11. The summed E-state index contributed by atoms with van der Waals surface area (Å²) in [6.07, 6.45) is -0.222. The van der Waals surface area contributed by atoms with E-state index in [1.807, 2.05) is 18.7 Å². The van der Waals surface area contributed by atoms with Crippen LogP contribution in [-0.4, -0.2) is 37.7 Å². The lowest BCUT2D eigenvalue weighted by Gasteiger charge is -2.26. The molecule has 0 N–H and O–H groups in total. The second-order valence-corrected chi connectivity index (χ2v) is 6.50. The Bertz CT molecular complexity index is 774. The Morgan fingerprint density at radius 3 is 2.44 bits per heavy atom. The molecule has 1 saturated carbocycles. The van der Waals surface area contributed by atoms with Crippen molar-refractivity contribution in [3.05, 3.63) is 41.3 Å². The van der Waals surface area contributed by atoms with Gasteiger partial charge in [0, 0.05) is 18.3 Å². The molecule has 0 atom stereocenters. The lowest BCUT2D eigenvalue weighted by atomic mass is 10.2. The van der Waals surface area contributed by atoms with Gasteiger partial charge in [0.2, 0.25) is 0 Å². The van der Waals surface area contributed by atoms with Crippen LogP contribution in [0.1, 0.15) is 48.3 Å². The fourth-order valence-corrected chi connectivity index (χ4v) is 2.84. The van der Waals surface area contributed by atoms with E-state index in [2.05, 4.69) is 10.1 Å². The van der Waals surface area contributed by atoms with Crippen LogP contribution < -0.4 is 0 Å². The molecular formula is C17H19F3N4O. The van der Waals surface area contributed by atoms with E-state index in [0.29, 0.717) is 11.3 Å². The molecule has 1 amide bonds. The number of alkyl halides is 3. The Morgan fingerprint density at radius 1 is 1.28 bits per heavy atom. The smallest absolute Gasteiger partial charge is 0.333 e. The van der Waals surface area contributed by atoms with Crippen LogP contribution in [0.4, 0.5) is 13.2 Å². The van der Waals surface area contributed by atoms with Gasteiger partial charge in [0.15, 0.2) is 5.82 Å². The second kappa shape index (κ2) is 6.16. The number of aromatic nitrogens is 3. The van der Waals surface area contributed by atoms with Crippen molar-refractivity contribution in [1.82, 2.24) is 19.7 Å². The van der Waals surface area contributed by atoms with E-state index in [-0.39, 0.29) is 23.8 Å². The van der Waals surface area contributed by atoms with Gasteiger partial charge in [0.05, 0.1) is 23.0 Å². The average molecular weight is 352 g/mol. The van der Waals surface area contributed by atoms with Gasteiger partial charge in [-0.1, -0.05) is 0 Å². The van der Waals surface area contributed by atoms with Gasteiger partial charge in [-0.2, -0.15) is 18.3 Å². The van der Waals surface area contributed by atoms with Crippen molar-refractivity contribution in [3.63, 3.8) is 0 Å². The minimum absolute atomic E-state index is 0.0759. The van der Waals surface area contributed by atoms with Crippen molar-refractivity contribution in [2.45, 2.75) is 51.9 Å². The predicted molar refractivity (Wildman–Crippen MR) is 85.4 cm³/mol. The van der Waals surface area contributed by atoms with Crippen molar-refractivity contribution in [2.24, 2.45) is 0 Å². The van der Waals surface area contributed by atoms with E-state index >= 15 is 0 Å². The van der Waals surface area contributed by atoms with Gasteiger partial charge in [-0.3, -0.25) is 4.79 Å². The van der Waals surface area contributed by atoms with E-state index < -0.39 is 11.7 Å². The van der Waals surface area contributed by atoms with Gasteiger partial charge in [-0.05, 0) is 45.7 Å². The van der Waals surface area contributed by atoms with Crippen molar-refractivity contribution < 1.29 is 18.0 Å². The Balaban J connectivity index is 1.89. The first-order chi connectivity index (χ1) is 11.7. The lowest BCUT2D eigenvalue weighted by molar-refractivity contribution is -0.137. The molecule has 3 rings (SSSR count). The minimum atomic E-state index is -4.44. The molecule has 0 saturated heterocycles. The normalized spacial score (nSPS) is 14.8. The zero-order chi connectivity index (χ0) is 18.4. The minimum Gasteiger partial charge on any atom is -0.333 e. The molecule has 8 heteroatoms. The molecule has 0 aliphatic heterocycles. The van der Waals surface area contributed by atoms with Gasteiger partial charge in [0.25, 0.3) is 5.91 Å². The van der Waals surface area contributed by atoms with Gasteiger partial charge in [-0.25, -0.2) is 9.67 Å². The third-order valence-electron chi connectivity index (χ3n) is 4.26. The maximum Gasteiger partial charge on any atom is 0.417 e. The Labute approximate surface area is 143 Å². The van der Waals surface area contributed by atoms with E-state index in [0.717, 1.165) is 25.1 Å². The summed E-state index contributed by atoms with van der Waals surface area (Å²) in [4.78, 5) is 18.5. The number of halogens is 3. The van der Waals surface area contributed by atoms with Gasteiger partial charge < -0.3 is 4.90 Å². The van der Waals surface area contributed by atoms with Crippen molar-refractivity contribution in [2.75, 3.05) is 0 Å². The van der Waals surface area contributed by atoms with E-state index in [1.165, 1.54) is 16.9 Å². The Kier molecular flexibility index (Phi) is 4.30. The molecule has 1 aliphatic rings. The first-order valence-electron chi connectivity index (χ1n) is 8.11. The number of hydrogen-bond donors (Lipinski definition) is 0. The van der Waals surface area contributed by atoms with Crippen LogP contribution in [0.2, 0.25) is 0 Å². The van der Waals surface area contributed by atoms with Crippen LogP contribution in [0, 0.1) is 6.92 Å². The van der Waals surface area contributed by atoms with Gasteiger partial charge in [0.1, 0.15) is 0 Å². The summed E-state index contributed by atoms with van der Waals surface area (Å²) in [5.74, 6) is 0.139. The molecule has 1 fully saturated rings. The molecule has 0 radical (unpaired) electrons. The zero-order valence-electron chi connectivity index (χ0n) is 14.2. The molecule has 2 aromatic heterocycles. The standard InChI is InChI=1S/C17H19F3N4O/c1-10(2)23(13-5-6-13)16(25)14-9-22-24(11(14)3)15-7-4-12(8-21-15)17(18,19)20/h4,7-10,13H,5-6H2,1-3H3. The predicted octanol–water partition coefficient (Wildman–Crippen LogP) is 3.61. The van der Waals surface area contributed by atoms with Gasteiger partial charge >= 0.3 is 6.18 Å². The van der Waals surface area contributed by atoms with E-state index in [4.69, 9.17) is 0 Å². The fraction of sp³-hybridized carbons (Fsp3) is 0.471. The summed E-state index contributed by atoms with van der Waals surface area (Å²) in [5, 5.41) is 4.15. The summed E-state index contributed by atoms with van der Waals surface area (Å²) >= 11 is 0. The second-order valence-electron chi connectivity index (χ2n) is 6.50. The van der Waals surface area contributed by atoms with Crippen molar-refractivity contribution in [3.8, 4) is 5.82 Å². The van der Waals surface area contributed by atoms with Crippen molar-refractivity contribution >= 4 is 5.91 Å². The molecule has 0 aromatic carbocycles. The van der Waals surface area contributed by atoms with Crippen LogP contribution in [0.3, 0.4) is 0 Å². The highest BCUT2D eigenvalue weighted by molar-refractivity contribution is 5.95. The first kappa shape index (κ1) is 17.4. The van der Waals surface area contributed by atoms with Crippen LogP contribution >= 0.6 is 0 Å². The molecule has 134 valence electrons. The molecule has 25 heavy (non-hydrogen) atoms. The molecule has 0 spiro atoms. The van der Waals surface area contributed by atoms with E-state index in [9.17, 15) is 18.0 Å². The third kappa shape index (κ3) is 3.38. The number of carbonyl (C=O) groups is 1. The van der Waals surface area contributed by atoms with Crippen LogP contribution in [0.5, 0.6) is 0 Å². The highest BCUT2D eigenvalue weighted by Crippen LogP contribution is 2.31. The third-order valence-corrected chi connectivity index (χ3v) is 4.26. The summed E-state index contributed by atoms with van der Waals surface area (Å²) in [6.45, 7) is 5.64. The molecule has 2 aromatic rings. The highest BCUT2D eigenvalue weighted by atomic mass is 19.4. The highest BCUT2D eigenvalue weighted by Gasteiger charge is 2.36. The number of amides is 1. The number of carbonyl (C=O) groups excluding carboxylic acids is 1. The average Bonchev–Trinajstić information content (AvgIpc) is 3.27. The van der Waals surface area contributed by atoms with Crippen LogP contribution in [-0.2, 0) is 6.18 Å². The quantitative estimate of drug-likeness (QED) is 0.845. The fourth-order valence-electron chi connectivity index (χ4n) is 2.84. The summed E-state index contributed by atoms with van der Waals surface area (Å²) in [6, 6.07) is 2.54. The lowest BCUT2D eigenvalue weighted by Crippen LogP contribution is -2.39. The number of pyridine rings is 1. The molecule has 0 unspecified atom stereocenters. The summed E-state index contributed by atoms with van der Waals surface area (Å²) < 4.78 is 39.3. The van der Waals surface area contributed by atoms with E-state index in [1.54, 1.807) is 6.92 Å². The molecule has 2 heterocycles. The van der Waals surface area contributed by atoms with Crippen molar-refractivity contribution in [1.29, 1.82) is 0 Å². The number of hydrogen-bond acceptors (Lipinski definition) is 3. The van der Waals surface area contributed by atoms with Crippen LogP contribution in [0.15, 0.2) is 24.5 Å². The molecule has 5 nitrogen and oxygen atoms in total. The van der Waals surface area contributed by atoms with Crippen LogP contribution in [0.25, 0.3) is 5.82 Å². The maximum absolute atomic E-state index is 12.8. The largest absolute Gasteiger partial charge is 0.417 e. The van der Waals surface area contributed by atoms with Gasteiger partial charge in [-0.15, -0.1) is 0 Å². The monoisotopic (exact) mass is 352 g/mol. The zero-order valence-corrected chi connectivity index (χ0v) is 14.2. The molecule has 0 bridgehead atoms. The maximum atomic E-state index is 12.8. The number of nitrogens with zero attached hydrogens (tertiary/aromatic N) is 4. The topological polar surface area (TPSA) is 51.0 Å². The Morgan fingerprint density at radius 2 is 1.96 bits per heavy atom. The molecular weight excluding hydrogens is 333 g/mol. The summed E-state index contributed by atoms with van der Waals surface area (Å²) in [5.41, 5.74) is 0.183. The Hall–Kier alpha value is -2.38. The summed E-state index contributed by atoms with van der Waals surface area (Å²) in [7, 11) is 0.